The van der Waals surface area contributed by atoms with Crippen molar-refractivity contribution in [2.75, 3.05) is 6.61 Å². The summed E-state index contributed by atoms with van der Waals surface area (Å²) < 4.78 is 43.3. The molecule has 0 amide bonds. The van der Waals surface area contributed by atoms with Crippen molar-refractivity contribution in [3.8, 4) is 0 Å². The first-order valence-corrected chi connectivity index (χ1v) is 6.86. The van der Waals surface area contributed by atoms with Crippen LogP contribution in [0.3, 0.4) is 0 Å². The molecule has 2 N–H and O–H groups in total. The Morgan fingerprint density at radius 2 is 1.89 bits per heavy atom. The van der Waals surface area contributed by atoms with Gasteiger partial charge in [-0.25, -0.2) is 0 Å². The lowest BCUT2D eigenvalue weighted by Gasteiger charge is -2.33. The van der Waals surface area contributed by atoms with Crippen molar-refractivity contribution in [3.05, 3.63) is 0 Å². The van der Waals surface area contributed by atoms with Crippen molar-refractivity contribution in [3.63, 3.8) is 0 Å². The molecule has 0 aliphatic heterocycles. The van der Waals surface area contributed by atoms with Crippen LogP contribution in [0.4, 0.5) is 13.2 Å². The molecule has 0 unspecified atom stereocenters. The molecule has 0 heterocycles. The molecule has 2 atom stereocenters. The van der Waals surface area contributed by atoms with Crippen molar-refractivity contribution in [1.29, 1.82) is 0 Å². The molecule has 1 fully saturated rings. The van der Waals surface area contributed by atoms with Crippen LogP contribution in [-0.4, -0.2) is 24.8 Å². The molecule has 0 saturated heterocycles. The van der Waals surface area contributed by atoms with E-state index in [1.165, 1.54) is 0 Å². The number of ether oxygens (including phenoxy) is 1. The molecule has 0 aromatic carbocycles. The van der Waals surface area contributed by atoms with Crippen molar-refractivity contribution in [2.24, 2.45) is 17.6 Å². The SMILES string of the molecule is CCCOC(=O)[C@H](C1CCCCC1)[C@@H](N)C(F)(F)F. The summed E-state index contributed by atoms with van der Waals surface area (Å²) in [6.45, 7) is 1.94. The average molecular weight is 281 g/mol. The highest BCUT2D eigenvalue weighted by atomic mass is 19.4. The maximum atomic E-state index is 12.8. The quantitative estimate of drug-likeness (QED) is 0.788. The summed E-state index contributed by atoms with van der Waals surface area (Å²) in [4.78, 5) is 11.9. The average Bonchev–Trinajstić information content (AvgIpc) is 2.36. The minimum atomic E-state index is -4.56. The zero-order valence-corrected chi connectivity index (χ0v) is 11.2. The molecular weight excluding hydrogens is 259 g/mol. The first-order chi connectivity index (χ1) is 8.88. The fourth-order valence-corrected chi connectivity index (χ4v) is 2.63. The first kappa shape index (κ1) is 16.3. The molecule has 0 aromatic rings. The van der Waals surface area contributed by atoms with Crippen molar-refractivity contribution < 1.29 is 22.7 Å². The van der Waals surface area contributed by atoms with E-state index >= 15 is 0 Å². The van der Waals surface area contributed by atoms with Crippen LogP contribution < -0.4 is 5.73 Å². The normalized spacial score (nSPS) is 20.9. The lowest BCUT2D eigenvalue weighted by Crippen LogP contribution is -2.50. The second kappa shape index (κ2) is 7.12. The number of carbonyl (C=O) groups excluding carboxylic acids is 1. The van der Waals surface area contributed by atoms with Crippen molar-refractivity contribution in [2.45, 2.75) is 57.7 Å². The van der Waals surface area contributed by atoms with Crippen LogP contribution in [0.2, 0.25) is 0 Å². The van der Waals surface area contributed by atoms with Crippen LogP contribution in [0.15, 0.2) is 0 Å². The molecule has 19 heavy (non-hydrogen) atoms. The lowest BCUT2D eigenvalue weighted by molar-refractivity contribution is -0.181. The summed E-state index contributed by atoms with van der Waals surface area (Å²) in [6.07, 6.45) is -0.0167. The van der Waals surface area contributed by atoms with Gasteiger partial charge in [-0.15, -0.1) is 0 Å². The fourth-order valence-electron chi connectivity index (χ4n) is 2.63. The van der Waals surface area contributed by atoms with E-state index in [4.69, 9.17) is 10.5 Å². The van der Waals surface area contributed by atoms with E-state index in [1.807, 2.05) is 0 Å². The minimum absolute atomic E-state index is 0.145. The minimum Gasteiger partial charge on any atom is -0.465 e. The van der Waals surface area contributed by atoms with E-state index in [2.05, 4.69) is 0 Å². The third-order valence-electron chi connectivity index (χ3n) is 3.64. The van der Waals surface area contributed by atoms with Crippen LogP contribution in [0.25, 0.3) is 0 Å². The molecule has 3 nitrogen and oxygen atoms in total. The summed E-state index contributed by atoms with van der Waals surface area (Å²) in [5.41, 5.74) is 5.27. The van der Waals surface area contributed by atoms with Crippen LogP contribution in [0.5, 0.6) is 0 Å². The molecule has 1 aliphatic rings. The first-order valence-electron chi connectivity index (χ1n) is 6.86. The third kappa shape index (κ3) is 4.67. The number of hydrogen-bond donors (Lipinski definition) is 1. The maximum Gasteiger partial charge on any atom is 0.404 e. The summed E-state index contributed by atoms with van der Waals surface area (Å²) in [5.74, 6) is -2.36. The van der Waals surface area contributed by atoms with E-state index in [0.717, 1.165) is 19.3 Å². The smallest absolute Gasteiger partial charge is 0.404 e. The molecule has 0 radical (unpaired) electrons. The predicted octanol–water partition coefficient (Wildman–Crippen LogP) is 3.03. The highest BCUT2D eigenvalue weighted by Gasteiger charge is 2.48. The van der Waals surface area contributed by atoms with Gasteiger partial charge in [-0.3, -0.25) is 4.79 Å². The zero-order chi connectivity index (χ0) is 14.5. The zero-order valence-electron chi connectivity index (χ0n) is 11.2. The largest absolute Gasteiger partial charge is 0.465 e. The molecule has 1 aliphatic carbocycles. The van der Waals surface area contributed by atoms with Gasteiger partial charge in [-0.2, -0.15) is 13.2 Å². The number of esters is 1. The number of halogens is 3. The molecule has 0 bridgehead atoms. The molecule has 6 heteroatoms. The Kier molecular flexibility index (Phi) is 6.10. The molecule has 0 spiro atoms. The molecule has 112 valence electrons. The molecule has 0 aromatic heterocycles. The summed E-state index contributed by atoms with van der Waals surface area (Å²) in [6, 6.07) is -2.13. The third-order valence-corrected chi connectivity index (χ3v) is 3.64. The Morgan fingerprint density at radius 1 is 1.32 bits per heavy atom. The van der Waals surface area contributed by atoms with Crippen LogP contribution in [0, 0.1) is 11.8 Å². The van der Waals surface area contributed by atoms with Crippen molar-refractivity contribution >= 4 is 5.97 Å². The van der Waals surface area contributed by atoms with Crippen molar-refractivity contribution in [1.82, 2.24) is 0 Å². The Balaban J connectivity index is 2.79. The molecular formula is C13H22F3NO2. The van der Waals surface area contributed by atoms with Gasteiger partial charge in [0.1, 0.15) is 6.04 Å². The number of hydrogen-bond acceptors (Lipinski definition) is 3. The Bertz CT molecular complexity index is 288. The van der Waals surface area contributed by atoms with Gasteiger partial charge in [0.15, 0.2) is 0 Å². The van der Waals surface area contributed by atoms with Gasteiger partial charge in [0.25, 0.3) is 0 Å². The topological polar surface area (TPSA) is 52.3 Å². The highest BCUT2D eigenvalue weighted by molar-refractivity contribution is 5.73. The predicted molar refractivity (Wildman–Crippen MR) is 65.3 cm³/mol. The van der Waals surface area contributed by atoms with Crippen LogP contribution in [0.1, 0.15) is 45.4 Å². The number of rotatable bonds is 5. The number of nitrogens with two attached hydrogens (primary N) is 1. The van der Waals surface area contributed by atoms with Gasteiger partial charge in [0.2, 0.25) is 0 Å². The number of alkyl halides is 3. The Morgan fingerprint density at radius 3 is 2.37 bits per heavy atom. The fraction of sp³-hybridized carbons (Fsp3) is 0.923. The van der Waals surface area contributed by atoms with Gasteiger partial charge in [-0.05, 0) is 25.2 Å². The van der Waals surface area contributed by atoms with E-state index in [-0.39, 0.29) is 12.5 Å². The van der Waals surface area contributed by atoms with Gasteiger partial charge in [0.05, 0.1) is 12.5 Å². The van der Waals surface area contributed by atoms with E-state index < -0.39 is 24.1 Å². The molecule has 1 saturated carbocycles. The monoisotopic (exact) mass is 281 g/mol. The van der Waals surface area contributed by atoms with Gasteiger partial charge >= 0.3 is 12.1 Å². The van der Waals surface area contributed by atoms with Crippen LogP contribution >= 0.6 is 0 Å². The lowest BCUT2D eigenvalue weighted by atomic mass is 9.76. The Labute approximate surface area is 111 Å². The van der Waals surface area contributed by atoms with Gasteiger partial charge in [0, 0.05) is 0 Å². The summed E-state index contributed by atoms with van der Waals surface area (Å²) >= 11 is 0. The molecule has 1 rings (SSSR count). The van der Waals surface area contributed by atoms with Gasteiger partial charge < -0.3 is 10.5 Å². The summed E-state index contributed by atoms with van der Waals surface area (Å²) in [5, 5.41) is 0. The highest BCUT2D eigenvalue weighted by Crippen LogP contribution is 2.36. The second-order valence-electron chi connectivity index (χ2n) is 5.16. The number of carbonyl (C=O) groups is 1. The maximum absolute atomic E-state index is 12.8. The second-order valence-corrected chi connectivity index (χ2v) is 5.16. The van der Waals surface area contributed by atoms with Crippen LogP contribution in [-0.2, 0) is 9.53 Å². The van der Waals surface area contributed by atoms with E-state index in [0.29, 0.717) is 19.3 Å². The Hall–Kier alpha value is -0.780. The van der Waals surface area contributed by atoms with E-state index in [9.17, 15) is 18.0 Å². The van der Waals surface area contributed by atoms with Gasteiger partial charge in [-0.1, -0.05) is 26.2 Å². The summed E-state index contributed by atoms with van der Waals surface area (Å²) in [7, 11) is 0. The van der Waals surface area contributed by atoms with E-state index in [1.54, 1.807) is 6.92 Å². The standard InChI is InChI=1S/C13H22F3NO2/c1-2-8-19-12(18)10(11(17)13(14,15)16)9-6-4-3-5-7-9/h9-11H,2-8,17H2,1H3/t10-,11-/m1/s1.